The Hall–Kier alpha value is 1.49. The molecule has 0 spiro atoms. The van der Waals surface area contributed by atoms with Crippen LogP contribution in [0.1, 0.15) is 51.4 Å². The van der Waals surface area contributed by atoms with Crippen molar-refractivity contribution in [2.75, 3.05) is 0 Å². The van der Waals surface area contributed by atoms with Gasteiger partial charge in [-0.3, -0.25) is 0 Å². The van der Waals surface area contributed by atoms with E-state index in [1.165, 1.54) is 51.4 Å². The van der Waals surface area contributed by atoms with Gasteiger partial charge in [-0.15, -0.1) is 0 Å². The van der Waals surface area contributed by atoms with E-state index in [0.29, 0.717) is 0 Å². The first-order valence-corrected chi connectivity index (χ1v) is 9.11. The Morgan fingerprint density at radius 2 is 0.750 bits per heavy atom. The van der Waals surface area contributed by atoms with Gasteiger partial charge in [0, 0.05) is 0 Å². The van der Waals surface area contributed by atoms with Crippen LogP contribution in [0.3, 0.4) is 0 Å². The molecule has 2 fully saturated rings. The van der Waals surface area contributed by atoms with Gasteiger partial charge in [0.15, 0.2) is 0 Å². The van der Waals surface area contributed by atoms with Gasteiger partial charge in [0.25, 0.3) is 0 Å². The molecule has 2 saturated carbocycles. The standard InChI is InChI=1S/2C5H9.4FH.2Zr/c2*1-2-4-5-3-1;;;;;;/h2*1H,2-5H2;4*1H;;/q2*-1;;;;;2*+2/p-4. The average molecular weight is 397 g/mol. The van der Waals surface area contributed by atoms with E-state index in [4.69, 9.17) is 0 Å². The molecule has 0 amide bonds. The van der Waals surface area contributed by atoms with Gasteiger partial charge in [0.05, 0.1) is 0 Å². The predicted octanol–water partition coefficient (Wildman–Crippen LogP) is 5.21. The first kappa shape index (κ1) is 19.8. The van der Waals surface area contributed by atoms with Crippen LogP contribution >= 0.6 is 0 Å². The quantitative estimate of drug-likeness (QED) is 0.390. The summed E-state index contributed by atoms with van der Waals surface area (Å²) < 4.78 is 39.2. The Balaban J connectivity index is 0. The van der Waals surface area contributed by atoms with Crippen molar-refractivity contribution in [1.29, 1.82) is 0 Å². The van der Waals surface area contributed by atoms with Crippen molar-refractivity contribution in [2.45, 2.75) is 51.4 Å². The van der Waals surface area contributed by atoms with Crippen LogP contribution < -0.4 is 0 Å². The Kier molecular flexibility index (Phi) is 26.9. The number of hydrogen-bond acceptors (Lipinski definition) is 0. The van der Waals surface area contributed by atoms with Crippen LogP contribution in [-0.2, 0) is 48.9 Å². The maximum atomic E-state index is 9.80. The maximum absolute atomic E-state index is 9.80. The number of rotatable bonds is 0. The molecule has 0 aromatic rings. The average Bonchev–Trinajstić information content (AvgIpc) is 3.00. The fourth-order valence-corrected chi connectivity index (χ4v) is 1.44. The predicted molar refractivity (Wildman–Crippen MR) is 50.0 cm³/mol. The number of hydrogen-bond donors (Lipinski definition) is 0. The molecule has 0 unspecified atom stereocenters. The summed E-state index contributed by atoms with van der Waals surface area (Å²) >= 11 is -5.54. The van der Waals surface area contributed by atoms with E-state index in [1.54, 1.807) is 0 Å². The summed E-state index contributed by atoms with van der Waals surface area (Å²) in [6, 6.07) is 0. The third-order valence-electron chi connectivity index (χ3n) is 2.13. The Morgan fingerprint density at radius 3 is 0.812 bits per heavy atom. The van der Waals surface area contributed by atoms with E-state index in [0.717, 1.165) is 0 Å². The summed E-state index contributed by atoms with van der Waals surface area (Å²) in [4.78, 5) is 0. The Labute approximate surface area is 123 Å². The summed E-state index contributed by atoms with van der Waals surface area (Å²) in [6.07, 6.45) is 16.0. The number of halogens is 4. The second-order valence-corrected chi connectivity index (χ2v) is 3.99. The summed E-state index contributed by atoms with van der Waals surface area (Å²) in [5.74, 6) is 0. The van der Waals surface area contributed by atoms with Crippen LogP contribution in [0.4, 0.5) is 10.5 Å². The van der Waals surface area contributed by atoms with Crippen molar-refractivity contribution in [2.24, 2.45) is 0 Å². The van der Waals surface area contributed by atoms with Gasteiger partial charge < -0.3 is 12.8 Å². The van der Waals surface area contributed by atoms with E-state index in [9.17, 15) is 10.5 Å². The molecule has 96 valence electrons. The summed E-state index contributed by atoms with van der Waals surface area (Å²) in [6.45, 7) is 0. The zero-order valence-corrected chi connectivity index (χ0v) is 14.2. The van der Waals surface area contributed by atoms with Gasteiger partial charge in [-0.2, -0.15) is 25.7 Å². The van der Waals surface area contributed by atoms with Crippen molar-refractivity contribution in [1.82, 2.24) is 0 Å². The van der Waals surface area contributed by atoms with Crippen molar-refractivity contribution < 1.29 is 59.4 Å². The molecule has 6 heteroatoms. The van der Waals surface area contributed by atoms with E-state index in [-0.39, 0.29) is 0 Å². The zero-order valence-electron chi connectivity index (χ0n) is 9.32. The molecule has 2 aliphatic carbocycles. The van der Waals surface area contributed by atoms with Crippen LogP contribution in [0.25, 0.3) is 0 Å². The minimum atomic E-state index is -2.77. The van der Waals surface area contributed by atoms with Crippen LogP contribution in [0.15, 0.2) is 0 Å². The van der Waals surface area contributed by atoms with Gasteiger partial charge >= 0.3 is 59.4 Å². The summed E-state index contributed by atoms with van der Waals surface area (Å²) in [5, 5.41) is 0. The van der Waals surface area contributed by atoms with Crippen LogP contribution in [0, 0.1) is 12.8 Å². The summed E-state index contributed by atoms with van der Waals surface area (Å²) in [7, 11) is 0. The minimum absolute atomic E-state index is 1.38. The molecule has 0 heterocycles. The van der Waals surface area contributed by atoms with Crippen molar-refractivity contribution in [3.63, 3.8) is 0 Å². The van der Waals surface area contributed by atoms with Gasteiger partial charge in [0.2, 0.25) is 0 Å². The van der Waals surface area contributed by atoms with Gasteiger partial charge in [0.1, 0.15) is 0 Å². The molecule has 0 N–H and O–H groups in total. The van der Waals surface area contributed by atoms with E-state index in [1.807, 2.05) is 0 Å². The monoisotopic (exact) mass is 394 g/mol. The van der Waals surface area contributed by atoms with E-state index in [2.05, 4.69) is 12.8 Å². The molecule has 0 nitrogen and oxygen atoms in total. The zero-order chi connectivity index (χ0) is 12.5. The first-order valence-electron chi connectivity index (χ1n) is 5.39. The van der Waals surface area contributed by atoms with Gasteiger partial charge in [-0.05, 0) is 0 Å². The van der Waals surface area contributed by atoms with Crippen LogP contribution in [0.2, 0.25) is 0 Å². The molecule has 0 aliphatic heterocycles. The van der Waals surface area contributed by atoms with Crippen molar-refractivity contribution in [3.8, 4) is 0 Å². The molecule has 0 bridgehead atoms. The second kappa shape index (κ2) is 21.7. The fourth-order valence-electron chi connectivity index (χ4n) is 1.44. The second-order valence-electron chi connectivity index (χ2n) is 3.29. The van der Waals surface area contributed by atoms with Crippen molar-refractivity contribution >= 4 is 0 Å². The van der Waals surface area contributed by atoms with E-state index >= 15 is 0 Å². The molecule has 2 rings (SSSR count). The third kappa shape index (κ3) is 24.6. The first-order chi connectivity index (χ1) is 7.83. The summed E-state index contributed by atoms with van der Waals surface area (Å²) in [5.41, 5.74) is 0. The molecular formula is C10H18F4Zr2-2. The third-order valence-corrected chi connectivity index (χ3v) is 2.13. The van der Waals surface area contributed by atoms with Crippen molar-refractivity contribution in [3.05, 3.63) is 12.8 Å². The SMILES string of the molecule is [CH-]1CCCC1.[CH-]1CCCC1.[F][Zr][F].[F][Zr][F]. The molecule has 0 saturated heterocycles. The van der Waals surface area contributed by atoms with Gasteiger partial charge in [-0.1, -0.05) is 25.7 Å². The van der Waals surface area contributed by atoms with Crippen LogP contribution in [0.5, 0.6) is 0 Å². The molecular weight excluding hydrogens is 379 g/mol. The fraction of sp³-hybridized carbons (Fsp3) is 0.800. The Bertz CT molecular complexity index is 71.6. The molecule has 16 heavy (non-hydrogen) atoms. The van der Waals surface area contributed by atoms with Crippen LogP contribution in [-0.4, -0.2) is 0 Å². The Morgan fingerprint density at radius 1 is 0.562 bits per heavy atom. The topological polar surface area (TPSA) is 0 Å². The van der Waals surface area contributed by atoms with Gasteiger partial charge in [-0.25, -0.2) is 0 Å². The van der Waals surface area contributed by atoms with E-state index < -0.39 is 48.9 Å². The molecule has 0 radical (unpaired) electrons. The molecule has 0 aromatic heterocycles. The molecule has 0 atom stereocenters. The molecule has 2 aliphatic rings. The molecule has 0 aromatic carbocycles. The normalized spacial score (nSPS) is 16.8.